The van der Waals surface area contributed by atoms with Crippen LogP contribution in [0.3, 0.4) is 0 Å². The molecule has 1 N–H and O–H groups in total. The minimum Gasteiger partial charge on any atom is -0.312 e. The fraction of sp³-hybridized carbons (Fsp3) is 0.688. The Hall–Kier alpha value is -0.890. The molecular formula is C16H21NO. The number of carbonyl (C=O) groups excluding carboxylic acids is 1. The van der Waals surface area contributed by atoms with Gasteiger partial charge in [-0.25, -0.2) is 0 Å². The standard InChI is InChI=1S/C16H21NO/c18-11-5-7-14-13-6-4-10-2-1-3-12(10)15(13)9-17-16(14)8-11/h4,6,12,14-17H,1-3,5,7-9H2. The molecule has 0 amide bonds. The van der Waals surface area contributed by atoms with Crippen molar-refractivity contribution < 1.29 is 4.79 Å². The maximum Gasteiger partial charge on any atom is 0.134 e. The van der Waals surface area contributed by atoms with Gasteiger partial charge < -0.3 is 5.32 Å². The Bertz CT molecular complexity index is 448. The van der Waals surface area contributed by atoms with Crippen molar-refractivity contribution in [3.8, 4) is 0 Å². The zero-order valence-electron chi connectivity index (χ0n) is 10.8. The van der Waals surface area contributed by atoms with Crippen molar-refractivity contribution >= 4 is 5.78 Å². The van der Waals surface area contributed by atoms with Crippen molar-refractivity contribution in [1.29, 1.82) is 0 Å². The van der Waals surface area contributed by atoms with Gasteiger partial charge in [0.25, 0.3) is 0 Å². The van der Waals surface area contributed by atoms with E-state index < -0.39 is 0 Å². The van der Waals surface area contributed by atoms with Gasteiger partial charge in [-0.05, 0) is 43.4 Å². The number of Topliss-reactive ketones (excluding diaryl/α,β-unsaturated/α-hetero) is 1. The van der Waals surface area contributed by atoms with E-state index in [0.29, 0.717) is 17.7 Å². The quantitative estimate of drug-likeness (QED) is 0.708. The Morgan fingerprint density at radius 3 is 2.94 bits per heavy atom. The van der Waals surface area contributed by atoms with E-state index >= 15 is 0 Å². The molecule has 0 bridgehead atoms. The molecule has 4 aliphatic rings. The molecule has 4 atom stereocenters. The summed E-state index contributed by atoms with van der Waals surface area (Å²) in [6.07, 6.45) is 11.5. The van der Waals surface area contributed by atoms with Crippen LogP contribution in [0.5, 0.6) is 0 Å². The second-order valence-corrected chi connectivity index (χ2v) is 6.42. The molecule has 1 heterocycles. The van der Waals surface area contributed by atoms with Crippen LogP contribution in [0.4, 0.5) is 0 Å². The summed E-state index contributed by atoms with van der Waals surface area (Å²) in [6, 6.07) is 0.435. The first-order valence-electron chi connectivity index (χ1n) is 7.48. The average Bonchev–Trinajstić information content (AvgIpc) is 2.86. The van der Waals surface area contributed by atoms with Gasteiger partial charge >= 0.3 is 0 Å². The molecule has 96 valence electrons. The van der Waals surface area contributed by atoms with Crippen molar-refractivity contribution in [3.05, 3.63) is 23.3 Å². The highest BCUT2D eigenvalue weighted by atomic mass is 16.1. The number of hydrogen-bond acceptors (Lipinski definition) is 2. The van der Waals surface area contributed by atoms with Crippen molar-refractivity contribution in [3.63, 3.8) is 0 Å². The Labute approximate surface area is 109 Å². The lowest BCUT2D eigenvalue weighted by atomic mass is 9.66. The summed E-state index contributed by atoms with van der Waals surface area (Å²) < 4.78 is 0. The third kappa shape index (κ3) is 1.55. The number of hydrogen-bond donors (Lipinski definition) is 1. The van der Waals surface area contributed by atoms with Crippen LogP contribution in [-0.4, -0.2) is 18.4 Å². The van der Waals surface area contributed by atoms with Gasteiger partial charge in [0.15, 0.2) is 0 Å². The van der Waals surface area contributed by atoms with Crippen LogP contribution >= 0.6 is 0 Å². The van der Waals surface area contributed by atoms with Gasteiger partial charge in [-0.3, -0.25) is 4.79 Å². The summed E-state index contributed by atoms with van der Waals surface area (Å²) in [5.74, 6) is 2.65. The smallest absolute Gasteiger partial charge is 0.134 e. The SMILES string of the molecule is O=C1CCC2C3=CC=C4CCCC4C3CNC2C1. The summed E-state index contributed by atoms with van der Waals surface area (Å²) in [5, 5.41) is 3.67. The van der Waals surface area contributed by atoms with Gasteiger partial charge in [0, 0.05) is 25.4 Å². The van der Waals surface area contributed by atoms with E-state index in [1.54, 1.807) is 11.1 Å². The van der Waals surface area contributed by atoms with E-state index in [9.17, 15) is 4.79 Å². The van der Waals surface area contributed by atoms with E-state index in [1.807, 2.05) is 0 Å². The first-order valence-corrected chi connectivity index (χ1v) is 7.48. The molecule has 3 aliphatic carbocycles. The first-order chi connectivity index (χ1) is 8.83. The predicted molar refractivity (Wildman–Crippen MR) is 71.1 cm³/mol. The monoisotopic (exact) mass is 243 g/mol. The van der Waals surface area contributed by atoms with Crippen molar-refractivity contribution in [2.75, 3.05) is 6.54 Å². The molecule has 0 aromatic carbocycles. The van der Waals surface area contributed by atoms with Crippen molar-refractivity contribution in [1.82, 2.24) is 5.32 Å². The molecule has 0 aromatic rings. The molecule has 2 saturated carbocycles. The Balaban J connectivity index is 1.65. The largest absolute Gasteiger partial charge is 0.312 e. The zero-order chi connectivity index (χ0) is 12.1. The third-order valence-corrected chi connectivity index (χ3v) is 5.56. The highest BCUT2D eigenvalue weighted by Crippen LogP contribution is 2.48. The summed E-state index contributed by atoms with van der Waals surface area (Å²) in [7, 11) is 0. The van der Waals surface area contributed by atoms with Gasteiger partial charge in [0.05, 0.1) is 0 Å². The average molecular weight is 243 g/mol. The van der Waals surface area contributed by atoms with E-state index in [1.165, 1.54) is 19.3 Å². The van der Waals surface area contributed by atoms with Gasteiger partial charge in [0.1, 0.15) is 5.78 Å². The lowest BCUT2D eigenvalue weighted by Crippen LogP contribution is -2.51. The number of fused-ring (bicyclic) bond motifs is 5. The number of carbonyl (C=O) groups is 1. The van der Waals surface area contributed by atoms with Crippen LogP contribution in [0.2, 0.25) is 0 Å². The number of allylic oxidation sites excluding steroid dienone is 3. The van der Waals surface area contributed by atoms with E-state index in [4.69, 9.17) is 0 Å². The van der Waals surface area contributed by atoms with Gasteiger partial charge in [-0.2, -0.15) is 0 Å². The molecular weight excluding hydrogens is 222 g/mol. The molecule has 1 saturated heterocycles. The van der Waals surface area contributed by atoms with E-state index in [-0.39, 0.29) is 0 Å². The number of ketones is 1. The fourth-order valence-electron chi connectivity index (χ4n) is 4.68. The Morgan fingerprint density at radius 2 is 2.00 bits per heavy atom. The van der Waals surface area contributed by atoms with Gasteiger partial charge in [0.2, 0.25) is 0 Å². The second kappa shape index (κ2) is 4.06. The summed E-state index contributed by atoms with van der Waals surface area (Å²) in [4.78, 5) is 11.6. The van der Waals surface area contributed by atoms with E-state index in [0.717, 1.165) is 37.6 Å². The highest BCUT2D eigenvalue weighted by Gasteiger charge is 2.43. The van der Waals surface area contributed by atoms with Gasteiger partial charge in [-0.15, -0.1) is 0 Å². The zero-order valence-corrected chi connectivity index (χ0v) is 10.8. The first kappa shape index (κ1) is 11.0. The van der Waals surface area contributed by atoms with Crippen molar-refractivity contribution in [2.24, 2.45) is 17.8 Å². The van der Waals surface area contributed by atoms with Crippen LogP contribution < -0.4 is 5.32 Å². The number of nitrogens with one attached hydrogen (secondary N) is 1. The van der Waals surface area contributed by atoms with Crippen molar-refractivity contribution in [2.45, 2.75) is 44.6 Å². The van der Waals surface area contributed by atoms with Crippen LogP contribution in [0.15, 0.2) is 23.3 Å². The molecule has 0 radical (unpaired) electrons. The molecule has 0 aromatic heterocycles. The molecule has 4 unspecified atom stereocenters. The number of rotatable bonds is 0. The highest BCUT2D eigenvalue weighted by molar-refractivity contribution is 5.80. The van der Waals surface area contributed by atoms with E-state index in [2.05, 4.69) is 17.5 Å². The second-order valence-electron chi connectivity index (χ2n) is 6.42. The minimum atomic E-state index is 0.435. The van der Waals surface area contributed by atoms with Crippen LogP contribution in [0.1, 0.15) is 38.5 Å². The lowest BCUT2D eigenvalue weighted by molar-refractivity contribution is -0.121. The Kier molecular flexibility index (Phi) is 2.47. The molecule has 2 nitrogen and oxygen atoms in total. The fourth-order valence-corrected chi connectivity index (χ4v) is 4.68. The molecule has 18 heavy (non-hydrogen) atoms. The lowest BCUT2D eigenvalue weighted by Gasteiger charge is -2.45. The van der Waals surface area contributed by atoms with Crippen LogP contribution in [-0.2, 0) is 4.79 Å². The molecule has 1 aliphatic heterocycles. The summed E-state index contributed by atoms with van der Waals surface area (Å²) in [6.45, 7) is 1.10. The predicted octanol–water partition coefficient (Wildman–Crippen LogP) is 2.61. The minimum absolute atomic E-state index is 0.435. The normalized spacial score (nSPS) is 42.6. The van der Waals surface area contributed by atoms with Gasteiger partial charge in [-0.1, -0.05) is 23.3 Å². The molecule has 4 rings (SSSR count). The number of piperidine rings is 1. The maximum atomic E-state index is 11.6. The summed E-state index contributed by atoms with van der Waals surface area (Å²) in [5.41, 5.74) is 3.36. The maximum absolute atomic E-state index is 11.6. The third-order valence-electron chi connectivity index (χ3n) is 5.56. The molecule has 3 fully saturated rings. The summed E-state index contributed by atoms with van der Waals surface area (Å²) >= 11 is 0. The Morgan fingerprint density at radius 1 is 1.06 bits per heavy atom. The molecule has 0 spiro atoms. The van der Waals surface area contributed by atoms with Crippen LogP contribution in [0.25, 0.3) is 0 Å². The topological polar surface area (TPSA) is 29.1 Å². The molecule has 2 heteroatoms. The van der Waals surface area contributed by atoms with Crippen LogP contribution in [0, 0.1) is 17.8 Å².